The number of nitrogen functional groups attached to an aromatic ring is 1. The first-order valence-electron chi connectivity index (χ1n) is 10.5. The zero-order valence-electron chi connectivity index (χ0n) is 18.6. The smallest absolute Gasteiger partial charge is 0.278 e. The Balaban J connectivity index is 1.30. The molecule has 2 atom stereocenters. The highest BCUT2D eigenvalue weighted by molar-refractivity contribution is 8.00. The van der Waals surface area contributed by atoms with Crippen LogP contribution in [0.4, 0.5) is 9.52 Å². The van der Waals surface area contributed by atoms with Gasteiger partial charge in [-0.05, 0) is 11.6 Å². The molecular formula is C20H17FN8O5S3. The molecule has 17 heteroatoms. The largest absolute Gasteiger partial charge is 0.543 e. The Morgan fingerprint density at radius 3 is 3.00 bits per heavy atom. The van der Waals surface area contributed by atoms with Gasteiger partial charge in [-0.3, -0.25) is 14.5 Å². The predicted octanol–water partition coefficient (Wildman–Crippen LogP) is -0.970. The first-order valence-corrected chi connectivity index (χ1v) is 13.2. The van der Waals surface area contributed by atoms with Gasteiger partial charge in [0.05, 0.1) is 11.7 Å². The van der Waals surface area contributed by atoms with Crippen LogP contribution in [0.2, 0.25) is 0 Å². The van der Waals surface area contributed by atoms with Gasteiger partial charge >= 0.3 is 0 Å². The van der Waals surface area contributed by atoms with E-state index in [1.54, 1.807) is 23.5 Å². The maximum absolute atomic E-state index is 12.9. The second-order valence-corrected chi connectivity index (χ2v) is 10.5. The van der Waals surface area contributed by atoms with Crippen LogP contribution in [0.15, 0.2) is 52.7 Å². The molecule has 0 aromatic carbocycles. The van der Waals surface area contributed by atoms with Crippen molar-refractivity contribution in [3.63, 3.8) is 0 Å². The molecule has 0 spiro atoms. The van der Waals surface area contributed by atoms with Crippen LogP contribution in [0.25, 0.3) is 4.83 Å². The molecule has 1 saturated heterocycles. The average molecular weight is 565 g/mol. The van der Waals surface area contributed by atoms with Gasteiger partial charge < -0.3 is 25.8 Å². The average Bonchev–Trinajstić information content (AvgIpc) is 3.59. The van der Waals surface area contributed by atoms with Gasteiger partial charge in [0, 0.05) is 22.7 Å². The van der Waals surface area contributed by atoms with Gasteiger partial charge in [-0.2, -0.15) is 13.8 Å². The van der Waals surface area contributed by atoms with Crippen LogP contribution < -0.4 is 20.7 Å². The number of allylic oxidation sites excluding steroid dienone is 2. The minimum atomic E-state index is -1.50. The summed E-state index contributed by atoms with van der Waals surface area (Å²) >= 11 is 3.66. The van der Waals surface area contributed by atoms with Crippen molar-refractivity contribution in [1.29, 1.82) is 0 Å². The van der Waals surface area contributed by atoms with E-state index >= 15 is 0 Å². The number of fused-ring (bicyclic) bond motifs is 2. The number of nitrogens with one attached hydrogen (secondary N) is 1. The molecule has 1 fully saturated rings. The third-order valence-corrected chi connectivity index (χ3v) is 8.06. The Labute approximate surface area is 219 Å². The Kier molecular flexibility index (Phi) is 6.90. The number of nitrogens with two attached hydrogens (primary N) is 1. The van der Waals surface area contributed by atoms with Crippen LogP contribution in [0, 0.1) is 0 Å². The molecule has 37 heavy (non-hydrogen) atoms. The predicted molar refractivity (Wildman–Crippen MR) is 130 cm³/mol. The van der Waals surface area contributed by atoms with E-state index in [1.807, 2.05) is 33.1 Å². The van der Waals surface area contributed by atoms with Crippen molar-refractivity contribution in [2.24, 2.45) is 5.16 Å². The van der Waals surface area contributed by atoms with Crippen molar-refractivity contribution in [2.75, 3.05) is 18.3 Å². The number of carboxylic acids is 1. The number of halogens is 1. The Morgan fingerprint density at radius 1 is 1.46 bits per heavy atom. The van der Waals surface area contributed by atoms with Gasteiger partial charge in [-0.25, -0.2) is 8.96 Å². The molecule has 5 rings (SSSR count). The van der Waals surface area contributed by atoms with Gasteiger partial charge in [0.25, 0.3) is 18.7 Å². The second-order valence-electron chi connectivity index (χ2n) is 7.65. The van der Waals surface area contributed by atoms with Gasteiger partial charge in [-0.15, -0.1) is 11.8 Å². The maximum Gasteiger partial charge on any atom is 0.278 e. The summed E-state index contributed by atoms with van der Waals surface area (Å²) in [6.07, 6.45) is 9.27. The van der Waals surface area contributed by atoms with Crippen molar-refractivity contribution in [1.82, 2.24) is 24.0 Å². The highest BCUT2D eigenvalue weighted by atomic mass is 32.2. The van der Waals surface area contributed by atoms with E-state index in [1.165, 1.54) is 11.8 Å². The molecule has 3 aromatic rings. The van der Waals surface area contributed by atoms with Crippen molar-refractivity contribution < 1.29 is 33.3 Å². The number of aliphatic carboxylic acids is 1. The highest BCUT2D eigenvalue weighted by Gasteiger charge is 2.53. The summed E-state index contributed by atoms with van der Waals surface area (Å²) in [6, 6.07) is -1.06. The topological polar surface area (TPSA) is 171 Å². The maximum atomic E-state index is 12.9. The van der Waals surface area contributed by atoms with E-state index in [-0.39, 0.29) is 22.4 Å². The minimum Gasteiger partial charge on any atom is -0.543 e. The number of thiazole rings is 1. The van der Waals surface area contributed by atoms with Crippen LogP contribution in [0.1, 0.15) is 5.82 Å². The number of nitrogens with zero attached hydrogens (tertiary/aromatic N) is 6. The number of thioether (sulfide) groups is 1. The summed E-state index contributed by atoms with van der Waals surface area (Å²) in [5.41, 5.74) is 5.23. The molecule has 3 N–H and O–H groups in total. The van der Waals surface area contributed by atoms with E-state index in [0.717, 1.165) is 21.3 Å². The number of hydrogen-bond acceptors (Lipinski definition) is 12. The lowest BCUT2D eigenvalue weighted by Crippen LogP contribution is -2.71. The number of hydrogen-bond donors (Lipinski definition) is 2. The molecule has 2 amide bonds. The molecule has 192 valence electrons. The van der Waals surface area contributed by atoms with Crippen molar-refractivity contribution >= 4 is 68.1 Å². The van der Waals surface area contributed by atoms with Gasteiger partial charge in [0.1, 0.15) is 30.4 Å². The molecule has 0 bridgehead atoms. The molecule has 5 heterocycles. The zero-order valence-corrected chi connectivity index (χ0v) is 21.1. The van der Waals surface area contributed by atoms with Crippen LogP contribution in [-0.4, -0.2) is 66.2 Å². The summed E-state index contributed by atoms with van der Waals surface area (Å²) in [6.45, 7) is -0.806. The van der Waals surface area contributed by atoms with Crippen molar-refractivity contribution in [3.05, 3.63) is 53.3 Å². The van der Waals surface area contributed by atoms with Crippen LogP contribution in [-0.2, 0) is 25.8 Å². The van der Waals surface area contributed by atoms with Gasteiger partial charge in [-0.1, -0.05) is 22.6 Å². The fourth-order valence-corrected chi connectivity index (χ4v) is 6.33. The van der Waals surface area contributed by atoms with E-state index in [4.69, 9.17) is 5.73 Å². The monoisotopic (exact) mass is 564 g/mol. The summed E-state index contributed by atoms with van der Waals surface area (Å²) in [5, 5.41) is 19.1. The lowest BCUT2D eigenvalue weighted by Gasteiger charge is -2.50. The summed E-state index contributed by atoms with van der Waals surface area (Å²) < 4.78 is 20.2. The molecule has 13 nitrogen and oxygen atoms in total. The molecule has 2 aliphatic heterocycles. The zero-order chi connectivity index (χ0) is 26.1. The number of aromatic nitrogens is 4. The van der Waals surface area contributed by atoms with Crippen LogP contribution in [0.3, 0.4) is 0 Å². The van der Waals surface area contributed by atoms with E-state index < -0.39 is 41.8 Å². The van der Waals surface area contributed by atoms with Crippen molar-refractivity contribution in [2.45, 2.75) is 18.0 Å². The van der Waals surface area contributed by atoms with Gasteiger partial charge in [0.2, 0.25) is 22.7 Å². The Morgan fingerprint density at radius 2 is 2.30 bits per heavy atom. The summed E-state index contributed by atoms with van der Waals surface area (Å²) in [5.74, 6) is -2.97. The number of β-lactam (4-membered cyclic amide) rings is 1. The number of carbonyl (C=O) groups excluding carboxylic acids is 3. The number of amides is 2. The SMILES string of the molecule is Nc1nc(/C(=N/OCF)C(=O)N[C@@H]2C(=O)N3C(C(=O)[O-])=C(/C=C/C[n+]4cc5sccn5c4)CS[C@H]23)ns1. The summed E-state index contributed by atoms with van der Waals surface area (Å²) in [7, 11) is 0. The number of carbonyl (C=O) groups is 3. The quantitative estimate of drug-likeness (QED) is 0.144. The molecule has 0 aliphatic carbocycles. The van der Waals surface area contributed by atoms with Crippen molar-refractivity contribution in [3.8, 4) is 0 Å². The fourth-order valence-electron chi connectivity index (χ4n) is 3.82. The number of alkyl halides is 1. The second kappa shape index (κ2) is 10.3. The molecule has 2 aliphatic rings. The number of imidazole rings is 1. The van der Waals surface area contributed by atoms with Crippen LogP contribution >= 0.6 is 34.6 Å². The van der Waals surface area contributed by atoms with E-state index in [9.17, 15) is 23.9 Å². The molecule has 0 saturated carbocycles. The number of rotatable bonds is 9. The van der Waals surface area contributed by atoms with Crippen LogP contribution in [0.5, 0.6) is 0 Å². The van der Waals surface area contributed by atoms with E-state index in [0.29, 0.717) is 12.1 Å². The molecule has 0 unspecified atom stereocenters. The normalized spacial score (nSPS) is 19.9. The minimum absolute atomic E-state index is 0.0455. The lowest BCUT2D eigenvalue weighted by atomic mass is 10.0. The molecule has 3 aromatic heterocycles. The standard InChI is InChI=1S/C20H17FN8O5S3/c21-8-34-25-12(15-24-20(22)37-26-15)16(30)23-13-17(31)29-14(19(32)33)10(7-36-18(13)29)2-1-3-27-6-11-28(9-27)4-5-35-11/h1-2,4-6,9,13,18H,3,7-8H2,(H3-,22,23,24,26,30,32,33)/b2-1+,25-12-/t13-,18-/m1/s1. The Bertz CT molecular complexity index is 1450. The lowest BCUT2D eigenvalue weighted by molar-refractivity contribution is -0.685. The number of anilines is 1. The Hall–Kier alpha value is -3.83. The van der Waals surface area contributed by atoms with Gasteiger partial charge in [0.15, 0.2) is 5.13 Å². The first-order chi connectivity index (χ1) is 17.9. The molecular weight excluding hydrogens is 547 g/mol. The number of carboxylic acid groups (broad SMARTS) is 1. The third-order valence-electron chi connectivity index (χ3n) is 5.40. The number of oxime groups is 1. The first kappa shape index (κ1) is 24.8. The third kappa shape index (κ3) is 4.79. The molecule has 0 radical (unpaired) electrons. The summed E-state index contributed by atoms with van der Waals surface area (Å²) in [4.78, 5) is 48.0. The highest BCUT2D eigenvalue weighted by Crippen LogP contribution is 2.40. The van der Waals surface area contributed by atoms with E-state index in [2.05, 4.69) is 24.7 Å². The fraction of sp³-hybridized carbons (Fsp3) is 0.250.